The molecule has 38 heavy (non-hydrogen) atoms. The van der Waals surface area contributed by atoms with Gasteiger partial charge in [-0.2, -0.15) is 0 Å². The minimum atomic E-state index is -0.703. The molecule has 200 valence electrons. The second-order valence-electron chi connectivity index (χ2n) is 10.5. The Labute approximate surface area is 221 Å². The first-order chi connectivity index (χ1) is 18.2. The van der Waals surface area contributed by atoms with Gasteiger partial charge in [0.1, 0.15) is 18.5 Å². The van der Waals surface area contributed by atoms with Crippen molar-refractivity contribution in [3.8, 4) is 17.4 Å². The van der Waals surface area contributed by atoms with Crippen LogP contribution in [0.3, 0.4) is 0 Å². The maximum Gasteiger partial charge on any atom is 0.411 e. The number of likely N-dealkylation sites (tertiary alicyclic amines) is 1. The lowest BCUT2D eigenvalue weighted by Gasteiger charge is -2.30. The molecule has 3 aromatic rings. The van der Waals surface area contributed by atoms with Crippen molar-refractivity contribution < 1.29 is 23.8 Å². The normalized spacial score (nSPS) is 16.5. The zero-order chi connectivity index (χ0) is 26.9. The Balaban J connectivity index is 1.36. The molecule has 2 aliphatic heterocycles. The van der Waals surface area contributed by atoms with E-state index in [0.29, 0.717) is 24.0 Å². The lowest BCUT2D eigenvalue weighted by Crippen LogP contribution is -2.44. The molecule has 4 heterocycles. The standard InChI is InChI=1S/C27H32N6O5/c1-18-12-20(30-25(29-18)31-11-9-28-16-31)21-6-5-10-33(21)24(34)15-32(26(35)38-27(2,3)4)14-19-7-8-22-23(13-19)37-17-36-22/h7-9,11-13,16,21H,5-6,10,14-15,17H2,1-4H3. The molecule has 1 unspecified atom stereocenters. The summed E-state index contributed by atoms with van der Waals surface area (Å²) in [5.74, 6) is 1.61. The third kappa shape index (κ3) is 5.71. The van der Waals surface area contributed by atoms with Crippen LogP contribution >= 0.6 is 0 Å². The molecule has 2 aromatic heterocycles. The van der Waals surface area contributed by atoms with E-state index in [1.807, 2.05) is 25.1 Å². The number of fused-ring (bicyclic) bond motifs is 1. The van der Waals surface area contributed by atoms with Crippen LogP contribution in [0.2, 0.25) is 0 Å². The van der Waals surface area contributed by atoms with Crippen LogP contribution in [-0.4, -0.2) is 66.8 Å². The number of nitrogens with zero attached hydrogens (tertiary/aromatic N) is 6. The minimum absolute atomic E-state index is 0.127. The molecule has 1 fully saturated rings. The summed E-state index contributed by atoms with van der Waals surface area (Å²) in [5, 5.41) is 0. The largest absolute Gasteiger partial charge is 0.454 e. The van der Waals surface area contributed by atoms with Gasteiger partial charge >= 0.3 is 6.09 Å². The van der Waals surface area contributed by atoms with E-state index < -0.39 is 11.7 Å². The molecule has 2 aliphatic rings. The van der Waals surface area contributed by atoms with Gasteiger partial charge in [-0.05, 0) is 64.3 Å². The van der Waals surface area contributed by atoms with E-state index in [1.54, 1.807) is 55.0 Å². The SMILES string of the molecule is Cc1cc(C2CCCN2C(=O)CN(Cc2ccc3c(c2)OCO3)C(=O)OC(C)(C)C)nc(-n2ccnc2)n1. The van der Waals surface area contributed by atoms with Crippen molar-refractivity contribution in [2.75, 3.05) is 19.9 Å². The van der Waals surface area contributed by atoms with Gasteiger partial charge in [-0.25, -0.2) is 19.7 Å². The predicted octanol–water partition coefficient (Wildman–Crippen LogP) is 3.80. The number of aromatic nitrogens is 4. The van der Waals surface area contributed by atoms with Crippen LogP contribution in [0.1, 0.15) is 56.6 Å². The van der Waals surface area contributed by atoms with Crippen molar-refractivity contribution in [3.63, 3.8) is 0 Å². The number of ether oxygens (including phenoxy) is 3. The molecule has 0 radical (unpaired) electrons. The van der Waals surface area contributed by atoms with Crippen molar-refractivity contribution in [2.24, 2.45) is 0 Å². The van der Waals surface area contributed by atoms with Crippen molar-refractivity contribution in [1.82, 2.24) is 29.3 Å². The number of rotatable bonds is 6. The van der Waals surface area contributed by atoms with Gasteiger partial charge in [0.2, 0.25) is 18.6 Å². The van der Waals surface area contributed by atoms with E-state index in [2.05, 4.69) is 9.97 Å². The van der Waals surface area contributed by atoms with Gasteiger partial charge in [-0.1, -0.05) is 6.07 Å². The Morgan fingerprint density at radius 3 is 2.74 bits per heavy atom. The van der Waals surface area contributed by atoms with E-state index >= 15 is 0 Å². The summed E-state index contributed by atoms with van der Waals surface area (Å²) >= 11 is 0. The summed E-state index contributed by atoms with van der Waals surface area (Å²) in [4.78, 5) is 43.4. The van der Waals surface area contributed by atoms with Gasteiger partial charge in [0.15, 0.2) is 11.5 Å². The number of imidazole rings is 1. The van der Waals surface area contributed by atoms with Crippen LogP contribution in [-0.2, 0) is 16.1 Å². The maximum absolute atomic E-state index is 13.7. The summed E-state index contributed by atoms with van der Waals surface area (Å²) in [6.45, 7) is 8.12. The number of carbonyl (C=O) groups is 2. The average Bonchev–Trinajstić information content (AvgIpc) is 3.63. The molecule has 2 amide bonds. The van der Waals surface area contributed by atoms with Crippen molar-refractivity contribution in [2.45, 2.75) is 58.7 Å². The van der Waals surface area contributed by atoms with E-state index in [0.717, 1.165) is 29.8 Å². The lowest BCUT2D eigenvalue weighted by molar-refractivity contribution is -0.133. The fourth-order valence-corrected chi connectivity index (χ4v) is 4.64. The zero-order valence-electron chi connectivity index (χ0n) is 22.1. The van der Waals surface area contributed by atoms with Gasteiger partial charge in [0.05, 0.1) is 11.7 Å². The molecule has 1 saturated heterocycles. The minimum Gasteiger partial charge on any atom is -0.454 e. The molecule has 0 bridgehead atoms. The Morgan fingerprint density at radius 1 is 1.16 bits per heavy atom. The highest BCUT2D eigenvalue weighted by atomic mass is 16.7. The van der Waals surface area contributed by atoms with Gasteiger partial charge in [-0.3, -0.25) is 14.3 Å². The highest BCUT2D eigenvalue weighted by Gasteiger charge is 2.34. The van der Waals surface area contributed by atoms with Crippen LogP contribution in [0.5, 0.6) is 11.5 Å². The topological polar surface area (TPSA) is 112 Å². The first kappa shape index (κ1) is 25.5. The smallest absolute Gasteiger partial charge is 0.411 e. The van der Waals surface area contributed by atoms with Crippen LogP contribution in [0.15, 0.2) is 43.0 Å². The summed E-state index contributed by atoms with van der Waals surface area (Å²) < 4.78 is 18.3. The van der Waals surface area contributed by atoms with Crippen molar-refractivity contribution in [1.29, 1.82) is 0 Å². The molecule has 1 atom stereocenters. The monoisotopic (exact) mass is 520 g/mol. The van der Waals surface area contributed by atoms with Crippen LogP contribution in [0.4, 0.5) is 4.79 Å². The molecule has 5 rings (SSSR count). The van der Waals surface area contributed by atoms with E-state index in [1.165, 1.54) is 4.90 Å². The van der Waals surface area contributed by atoms with Gasteiger partial charge in [0, 0.05) is 31.2 Å². The molecule has 0 saturated carbocycles. The summed E-state index contributed by atoms with van der Waals surface area (Å²) in [6.07, 6.45) is 6.16. The fourth-order valence-electron chi connectivity index (χ4n) is 4.64. The number of aryl methyl sites for hydroxylation is 1. The summed E-state index contributed by atoms with van der Waals surface area (Å²) in [6, 6.07) is 7.19. The molecule has 11 heteroatoms. The van der Waals surface area contributed by atoms with E-state index in [9.17, 15) is 9.59 Å². The summed E-state index contributed by atoms with van der Waals surface area (Å²) in [7, 11) is 0. The summed E-state index contributed by atoms with van der Waals surface area (Å²) in [5.41, 5.74) is 1.68. The van der Waals surface area contributed by atoms with Gasteiger partial charge in [-0.15, -0.1) is 0 Å². The first-order valence-electron chi connectivity index (χ1n) is 12.7. The third-order valence-corrected chi connectivity index (χ3v) is 6.30. The van der Waals surface area contributed by atoms with Crippen LogP contribution in [0.25, 0.3) is 5.95 Å². The maximum atomic E-state index is 13.7. The Hall–Kier alpha value is -4.15. The second kappa shape index (κ2) is 10.3. The molecular formula is C27H32N6O5. The molecule has 0 spiro atoms. The van der Waals surface area contributed by atoms with Crippen molar-refractivity contribution >= 4 is 12.0 Å². The second-order valence-corrected chi connectivity index (χ2v) is 10.5. The van der Waals surface area contributed by atoms with E-state index in [4.69, 9.17) is 19.2 Å². The third-order valence-electron chi connectivity index (χ3n) is 6.30. The number of carbonyl (C=O) groups excluding carboxylic acids is 2. The quantitative estimate of drug-likeness (QED) is 0.483. The fraction of sp³-hybridized carbons (Fsp3) is 0.444. The number of amides is 2. The van der Waals surface area contributed by atoms with Crippen LogP contribution in [0, 0.1) is 6.92 Å². The predicted molar refractivity (Wildman–Crippen MR) is 137 cm³/mol. The lowest BCUT2D eigenvalue weighted by atomic mass is 10.1. The Kier molecular flexibility index (Phi) is 6.92. The van der Waals surface area contributed by atoms with Crippen LogP contribution < -0.4 is 9.47 Å². The molecule has 0 N–H and O–H groups in total. The molecule has 11 nitrogen and oxygen atoms in total. The van der Waals surface area contributed by atoms with Gasteiger partial charge in [0.25, 0.3) is 0 Å². The Morgan fingerprint density at radius 2 is 1.97 bits per heavy atom. The van der Waals surface area contributed by atoms with Gasteiger partial charge < -0.3 is 19.1 Å². The number of hydrogen-bond donors (Lipinski definition) is 0. The molecular weight excluding hydrogens is 488 g/mol. The average molecular weight is 521 g/mol. The highest BCUT2D eigenvalue weighted by Crippen LogP contribution is 2.34. The Bertz CT molecular complexity index is 1320. The van der Waals surface area contributed by atoms with Crippen molar-refractivity contribution in [3.05, 3.63) is 59.9 Å². The first-order valence-corrected chi connectivity index (χ1v) is 12.7. The number of hydrogen-bond acceptors (Lipinski definition) is 8. The molecule has 0 aliphatic carbocycles. The zero-order valence-corrected chi connectivity index (χ0v) is 22.1. The number of benzene rings is 1. The highest BCUT2D eigenvalue weighted by molar-refractivity contribution is 5.83. The molecule has 1 aromatic carbocycles. The van der Waals surface area contributed by atoms with E-state index in [-0.39, 0.29) is 31.8 Å².